The van der Waals surface area contributed by atoms with Gasteiger partial charge < -0.3 is 25.6 Å². The second kappa shape index (κ2) is 14.9. The predicted octanol–water partition coefficient (Wildman–Crippen LogP) is -0.239. The molecule has 0 spiro atoms. The van der Waals surface area contributed by atoms with Gasteiger partial charge in [0.1, 0.15) is 12.1 Å². The summed E-state index contributed by atoms with van der Waals surface area (Å²) in [4.78, 5) is 56.9. The van der Waals surface area contributed by atoms with Crippen molar-refractivity contribution in [1.29, 1.82) is 0 Å². The largest absolute Gasteiger partial charge is 0.469 e. The van der Waals surface area contributed by atoms with E-state index in [1.54, 1.807) is 4.90 Å². The van der Waals surface area contributed by atoms with E-state index >= 15 is 0 Å². The van der Waals surface area contributed by atoms with E-state index in [4.69, 9.17) is 5.73 Å². The lowest BCUT2D eigenvalue weighted by Crippen LogP contribution is -2.54. The second-order valence-corrected chi connectivity index (χ2v) is 12.2. The van der Waals surface area contributed by atoms with Gasteiger partial charge in [-0.3, -0.25) is 19.2 Å². The third-order valence-electron chi connectivity index (χ3n) is 7.29. The molecule has 226 valence electrons. The number of nitrogens with one attached hydrogen (secondary N) is 2. The van der Waals surface area contributed by atoms with E-state index in [1.165, 1.54) is 12.0 Å². The van der Waals surface area contributed by atoms with Crippen molar-refractivity contribution < 1.29 is 32.3 Å². The van der Waals surface area contributed by atoms with Gasteiger partial charge in [-0.05, 0) is 43.6 Å². The summed E-state index contributed by atoms with van der Waals surface area (Å²) in [6, 6.07) is 7.46. The molecule has 2 aliphatic heterocycles. The van der Waals surface area contributed by atoms with Gasteiger partial charge in [0.05, 0.1) is 19.8 Å². The van der Waals surface area contributed by atoms with E-state index in [0.29, 0.717) is 39.0 Å². The zero-order valence-electron chi connectivity index (χ0n) is 23.6. The number of carbonyl (C=O) groups is 4. The second-order valence-electron chi connectivity index (χ2n) is 10.4. The van der Waals surface area contributed by atoms with Crippen LogP contribution >= 0.6 is 0 Å². The average molecular weight is 593 g/mol. The highest BCUT2D eigenvalue weighted by Crippen LogP contribution is 2.21. The Labute approximate surface area is 240 Å². The maximum atomic E-state index is 13.5. The van der Waals surface area contributed by atoms with Crippen LogP contribution in [-0.2, 0) is 40.4 Å². The predicted molar refractivity (Wildman–Crippen MR) is 152 cm³/mol. The fourth-order valence-electron chi connectivity index (χ4n) is 5.09. The molecule has 0 bridgehead atoms. The third-order valence-corrected chi connectivity index (χ3v) is 8.00. The van der Waals surface area contributed by atoms with Crippen molar-refractivity contribution in [3.63, 3.8) is 0 Å². The Bertz CT molecular complexity index is 1220. The summed E-state index contributed by atoms with van der Waals surface area (Å²) in [5.41, 5.74) is 6.79. The van der Waals surface area contributed by atoms with Crippen molar-refractivity contribution in [1.82, 2.24) is 19.8 Å². The maximum absolute atomic E-state index is 13.5. The van der Waals surface area contributed by atoms with Crippen LogP contribution in [0.3, 0.4) is 0 Å². The average Bonchev–Trinajstić information content (AvgIpc) is 3.44. The number of benzene rings is 1. The molecule has 0 aliphatic carbocycles. The van der Waals surface area contributed by atoms with E-state index in [1.807, 2.05) is 30.3 Å². The summed E-state index contributed by atoms with van der Waals surface area (Å²) in [5.74, 6) is -1.36. The van der Waals surface area contributed by atoms with Gasteiger partial charge in [-0.15, -0.1) is 0 Å². The summed E-state index contributed by atoms with van der Waals surface area (Å²) in [6.07, 6.45) is 3.66. The van der Waals surface area contributed by atoms with Crippen LogP contribution in [-0.4, -0.2) is 99.5 Å². The number of nitrogens with two attached hydrogens (primary N) is 1. The van der Waals surface area contributed by atoms with E-state index in [-0.39, 0.29) is 37.0 Å². The first-order chi connectivity index (χ1) is 19.5. The van der Waals surface area contributed by atoms with Gasteiger partial charge >= 0.3 is 5.97 Å². The molecule has 2 saturated heterocycles. The Hall–Kier alpha value is -3.52. The number of guanidine groups is 1. The van der Waals surface area contributed by atoms with Crippen molar-refractivity contribution in [2.75, 3.05) is 39.5 Å². The molecule has 14 heteroatoms. The van der Waals surface area contributed by atoms with Gasteiger partial charge in [0, 0.05) is 32.6 Å². The van der Waals surface area contributed by atoms with Gasteiger partial charge in [0.25, 0.3) is 0 Å². The van der Waals surface area contributed by atoms with Gasteiger partial charge in [-0.25, -0.2) is 13.1 Å². The molecule has 2 fully saturated rings. The zero-order chi connectivity index (χ0) is 30.0. The number of methoxy groups -OCH3 is 1. The Morgan fingerprint density at radius 3 is 2.39 bits per heavy atom. The number of ether oxygens (including phenoxy) is 1. The van der Waals surface area contributed by atoms with Crippen molar-refractivity contribution in [2.24, 2.45) is 16.6 Å². The Kier molecular flexibility index (Phi) is 11.6. The van der Waals surface area contributed by atoms with Crippen LogP contribution in [0.15, 0.2) is 35.3 Å². The topological polar surface area (TPSA) is 181 Å². The highest BCUT2D eigenvalue weighted by molar-refractivity contribution is 7.88. The Morgan fingerprint density at radius 1 is 1.07 bits per heavy atom. The zero-order valence-corrected chi connectivity index (χ0v) is 24.4. The number of carbonyl (C=O) groups excluding carboxylic acids is 4. The number of piperidine rings is 1. The number of hydrogen-bond donors (Lipinski definition) is 3. The maximum Gasteiger partial charge on any atom is 0.306 e. The van der Waals surface area contributed by atoms with E-state index in [2.05, 4.69) is 19.8 Å². The molecule has 2 aliphatic rings. The molecule has 1 aromatic carbocycles. The SMILES string of the molecule is COC(=O)CCC(=O)/N=C(/N)N1CCC(CNC(=O)[C@@H]2CCCN2C(=O)[C@@H](Cc2ccccc2)NS(C)(=O)=O)CC1. The minimum absolute atomic E-state index is 0.0558. The van der Waals surface area contributed by atoms with E-state index in [9.17, 15) is 27.6 Å². The van der Waals surface area contributed by atoms with Gasteiger partial charge in [0.2, 0.25) is 27.7 Å². The van der Waals surface area contributed by atoms with Crippen LogP contribution in [0.5, 0.6) is 0 Å². The number of likely N-dealkylation sites (tertiary alicyclic amines) is 2. The van der Waals surface area contributed by atoms with Crippen LogP contribution in [0.2, 0.25) is 0 Å². The lowest BCUT2D eigenvalue weighted by atomic mass is 9.97. The number of sulfonamides is 1. The first kappa shape index (κ1) is 32.0. The summed E-state index contributed by atoms with van der Waals surface area (Å²) in [5, 5.41) is 2.98. The molecule has 0 radical (unpaired) electrons. The van der Waals surface area contributed by atoms with Crippen molar-refractivity contribution in [3.05, 3.63) is 35.9 Å². The number of aliphatic imine (C=N–C) groups is 1. The van der Waals surface area contributed by atoms with Crippen molar-refractivity contribution >= 4 is 39.7 Å². The molecule has 1 aromatic rings. The Balaban J connectivity index is 1.51. The lowest BCUT2D eigenvalue weighted by Gasteiger charge is -2.33. The van der Waals surface area contributed by atoms with Crippen LogP contribution in [0.4, 0.5) is 0 Å². The molecule has 2 atom stereocenters. The van der Waals surface area contributed by atoms with Crippen LogP contribution < -0.4 is 15.8 Å². The van der Waals surface area contributed by atoms with Gasteiger partial charge in [0.15, 0.2) is 5.96 Å². The molecular weight excluding hydrogens is 552 g/mol. The number of hydrogen-bond acceptors (Lipinski definition) is 7. The number of esters is 1. The standard InChI is InChI=1S/C27H40N6O7S/c1-40-24(35)11-10-23(34)30-27(28)32-15-12-20(13-16-32)18-29-25(36)22-9-6-14-33(22)26(37)21(31-41(2,38)39)17-19-7-4-3-5-8-19/h3-5,7-8,20-22,31H,6,9-18H2,1-2H3,(H,29,36)(H2,28,30,34)/t21-,22+/m1/s1. The molecule has 41 heavy (non-hydrogen) atoms. The normalized spacial score (nSPS) is 19.1. The fourth-order valence-corrected chi connectivity index (χ4v) is 5.79. The first-order valence-electron chi connectivity index (χ1n) is 13.7. The molecular formula is C27H40N6O7S. The first-order valence-corrected chi connectivity index (χ1v) is 15.6. The van der Waals surface area contributed by atoms with E-state index in [0.717, 1.165) is 24.7 Å². The van der Waals surface area contributed by atoms with Crippen molar-refractivity contribution in [2.45, 2.75) is 57.0 Å². The quantitative estimate of drug-likeness (QED) is 0.178. The van der Waals surface area contributed by atoms with E-state index < -0.39 is 39.9 Å². The number of rotatable bonds is 11. The van der Waals surface area contributed by atoms with Crippen LogP contribution in [0.1, 0.15) is 44.1 Å². The highest BCUT2D eigenvalue weighted by atomic mass is 32.2. The molecule has 0 saturated carbocycles. The molecule has 0 unspecified atom stereocenters. The molecule has 3 amide bonds. The number of nitrogens with zero attached hydrogens (tertiary/aromatic N) is 3. The molecule has 13 nitrogen and oxygen atoms in total. The van der Waals surface area contributed by atoms with Crippen molar-refractivity contribution in [3.8, 4) is 0 Å². The van der Waals surface area contributed by atoms with Gasteiger partial charge in [-0.2, -0.15) is 4.99 Å². The minimum atomic E-state index is -3.66. The smallest absolute Gasteiger partial charge is 0.306 e. The van der Waals surface area contributed by atoms with Gasteiger partial charge in [-0.1, -0.05) is 30.3 Å². The minimum Gasteiger partial charge on any atom is -0.469 e. The summed E-state index contributed by atoms with van der Waals surface area (Å²) in [7, 11) is -2.41. The molecule has 2 heterocycles. The summed E-state index contributed by atoms with van der Waals surface area (Å²) < 4.78 is 31.0. The Morgan fingerprint density at radius 2 is 1.76 bits per heavy atom. The lowest BCUT2D eigenvalue weighted by molar-refractivity contribution is -0.141. The monoisotopic (exact) mass is 592 g/mol. The number of amides is 3. The molecule has 0 aromatic heterocycles. The molecule has 4 N–H and O–H groups in total. The van der Waals surface area contributed by atoms with Crippen LogP contribution in [0, 0.1) is 5.92 Å². The fraction of sp³-hybridized carbons (Fsp3) is 0.593. The third kappa shape index (κ3) is 10.1. The molecule has 3 rings (SSSR count). The highest BCUT2D eigenvalue weighted by Gasteiger charge is 2.38. The summed E-state index contributed by atoms with van der Waals surface area (Å²) in [6.45, 7) is 1.93. The van der Waals surface area contributed by atoms with Crippen LogP contribution in [0.25, 0.3) is 0 Å². The summed E-state index contributed by atoms with van der Waals surface area (Å²) >= 11 is 0.